The minimum absolute atomic E-state index is 0.176. The lowest BCUT2D eigenvalue weighted by Gasteiger charge is -2.01. The Hall–Kier alpha value is -0.160. The van der Waals surface area contributed by atoms with Crippen molar-refractivity contribution >= 4 is 0 Å². The summed E-state index contributed by atoms with van der Waals surface area (Å²) in [5.41, 5.74) is 0. The third kappa shape index (κ3) is 11.8. The second kappa shape index (κ2) is 11.8. The van der Waals surface area contributed by atoms with E-state index in [1.165, 1.54) is 0 Å². The normalized spacial score (nSPS) is 10.6. The van der Waals surface area contributed by atoms with E-state index in [0.717, 1.165) is 32.1 Å². The highest BCUT2D eigenvalue weighted by Gasteiger charge is 1.91. The maximum atomic E-state index is 8.30. The highest BCUT2D eigenvalue weighted by atomic mass is 16.6. The highest BCUT2D eigenvalue weighted by molar-refractivity contribution is 4.43. The van der Waals surface area contributed by atoms with Crippen LogP contribution in [0.3, 0.4) is 0 Å². The molecule has 80 valence electrons. The molecule has 0 atom stereocenters. The molecule has 0 saturated carbocycles. The molecular weight excluding hydrogens is 172 g/mol. The first-order valence-electron chi connectivity index (χ1n) is 4.79. The first-order chi connectivity index (χ1) is 6.41. The molecule has 0 fully saturated rings. The van der Waals surface area contributed by atoms with Crippen LogP contribution in [-0.2, 0) is 9.47 Å². The minimum atomic E-state index is -0.176. The SMILES string of the molecule is OCOCCCCCCCOCO. The predicted octanol–water partition coefficient (Wildman–Crippen LogP) is 0.870. The van der Waals surface area contributed by atoms with Crippen LogP contribution in [-0.4, -0.2) is 37.0 Å². The molecule has 4 heteroatoms. The first-order valence-corrected chi connectivity index (χ1v) is 4.79. The van der Waals surface area contributed by atoms with Crippen molar-refractivity contribution in [2.75, 3.05) is 26.8 Å². The average Bonchev–Trinajstić information content (AvgIpc) is 2.16. The maximum absolute atomic E-state index is 8.30. The number of rotatable bonds is 10. The van der Waals surface area contributed by atoms with E-state index >= 15 is 0 Å². The van der Waals surface area contributed by atoms with Gasteiger partial charge >= 0.3 is 0 Å². The smallest absolute Gasteiger partial charge is 0.143 e. The van der Waals surface area contributed by atoms with E-state index in [-0.39, 0.29) is 13.6 Å². The monoisotopic (exact) mass is 192 g/mol. The van der Waals surface area contributed by atoms with Gasteiger partial charge in [0.05, 0.1) is 0 Å². The molecule has 13 heavy (non-hydrogen) atoms. The summed E-state index contributed by atoms with van der Waals surface area (Å²) in [6.45, 7) is 0.932. The molecule has 0 rings (SSSR count). The molecule has 0 aromatic heterocycles. The topological polar surface area (TPSA) is 58.9 Å². The van der Waals surface area contributed by atoms with Crippen molar-refractivity contribution in [1.29, 1.82) is 0 Å². The van der Waals surface area contributed by atoms with Crippen LogP contribution in [0.2, 0.25) is 0 Å². The van der Waals surface area contributed by atoms with Crippen LogP contribution >= 0.6 is 0 Å². The van der Waals surface area contributed by atoms with Gasteiger partial charge in [0.15, 0.2) is 0 Å². The lowest BCUT2D eigenvalue weighted by Crippen LogP contribution is -1.96. The van der Waals surface area contributed by atoms with Crippen molar-refractivity contribution < 1.29 is 19.7 Å². The van der Waals surface area contributed by atoms with Crippen molar-refractivity contribution in [2.24, 2.45) is 0 Å². The fraction of sp³-hybridized carbons (Fsp3) is 1.00. The van der Waals surface area contributed by atoms with Crippen molar-refractivity contribution in [2.45, 2.75) is 32.1 Å². The van der Waals surface area contributed by atoms with Crippen molar-refractivity contribution in [3.63, 3.8) is 0 Å². The summed E-state index contributed by atoms with van der Waals surface area (Å²) in [5.74, 6) is 0. The zero-order valence-electron chi connectivity index (χ0n) is 8.07. The number of unbranched alkanes of at least 4 members (excludes halogenated alkanes) is 4. The molecule has 0 spiro atoms. The molecule has 0 aromatic rings. The molecular formula is C9H20O4. The predicted molar refractivity (Wildman–Crippen MR) is 49.2 cm³/mol. The van der Waals surface area contributed by atoms with Crippen LogP contribution in [0.5, 0.6) is 0 Å². The van der Waals surface area contributed by atoms with Gasteiger partial charge in [-0.25, -0.2) is 0 Å². The third-order valence-corrected chi connectivity index (χ3v) is 1.76. The fourth-order valence-corrected chi connectivity index (χ4v) is 1.07. The molecule has 2 N–H and O–H groups in total. The van der Waals surface area contributed by atoms with Gasteiger partial charge in [0, 0.05) is 13.2 Å². The fourth-order valence-electron chi connectivity index (χ4n) is 1.07. The van der Waals surface area contributed by atoms with Crippen LogP contribution < -0.4 is 0 Å². The Morgan fingerprint density at radius 2 is 1.00 bits per heavy atom. The number of aliphatic hydroxyl groups excluding tert-OH is 2. The molecule has 0 bridgehead atoms. The first kappa shape index (κ1) is 12.8. The zero-order valence-corrected chi connectivity index (χ0v) is 8.07. The van der Waals surface area contributed by atoms with Gasteiger partial charge in [-0.15, -0.1) is 0 Å². The zero-order chi connectivity index (χ0) is 9.78. The Bertz CT molecular complexity index is 77.7. The quantitative estimate of drug-likeness (QED) is 0.398. The van der Waals surface area contributed by atoms with Gasteiger partial charge < -0.3 is 19.7 Å². The summed E-state index contributed by atoms with van der Waals surface area (Å²) in [4.78, 5) is 0. The Balaban J connectivity index is 2.76. The van der Waals surface area contributed by atoms with E-state index in [1.54, 1.807) is 0 Å². The third-order valence-electron chi connectivity index (χ3n) is 1.76. The van der Waals surface area contributed by atoms with E-state index in [4.69, 9.17) is 19.7 Å². The molecule has 0 radical (unpaired) electrons. The Morgan fingerprint density at radius 1 is 0.615 bits per heavy atom. The molecule has 4 nitrogen and oxygen atoms in total. The minimum Gasteiger partial charge on any atom is -0.371 e. The molecule has 0 amide bonds. The summed E-state index contributed by atoms with van der Waals surface area (Å²) < 4.78 is 9.55. The van der Waals surface area contributed by atoms with Crippen molar-refractivity contribution in [3.05, 3.63) is 0 Å². The Labute approximate surface area is 79.5 Å². The molecule has 0 aliphatic carbocycles. The average molecular weight is 192 g/mol. The number of aliphatic hydroxyl groups is 2. The van der Waals surface area contributed by atoms with E-state index in [9.17, 15) is 0 Å². The molecule has 0 saturated heterocycles. The Morgan fingerprint density at radius 3 is 1.38 bits per heavy atom. The van der Waals surface area contributed by atoms with Crippen molar-refractivity contribution in [3.8, 4) is 0 Å². The lowest BCUT2D eigenvalue weighted by molar-refractivity contribution is -0.00447. The van der Waals surface area contributed by atoms with Crippen molar-refractivity contribution in [1.82, 2.24) is 0 Å². The second-order valence-corrected chi connectivity index (χ2v) is 2.84. The standard InChI is InChI=1S/C9H20O4/c10-8-12-6-4-2-1-3-5-7-13-9-11/h10-11H,1-9H2. The summed E-state index contributed by atoms with van der Waals surface area (Å²) in [6.07, 6.45) is 5.41. The van der Waals surface area contributed by atoms with Crippen LogP contribution in [0.1, 0.15) is 32.1 Å². The maximum Gasteiger partial charge on any atom is 0.143 e. The number of hydrogen-bond donors (Lipinski definition) is 2. The summed E-state index contributed by atoms with van der Waals surface area (Å²) in [5, 5.41) is 16.6. The van der Waals surface area contributed by atoms with E-state index in [1.807, 2.05) is 0 Å². The van der Waals surface area contributed by atoms with Crippen LogP contribution in [0.4, 0.5) is 0 Å². The summed E-state index contributed by atoms with van der Waals surface area (Å²) in [7, 11) is 0. The van der Waals surface area contributed by atoms with E-state index < -0.39 is 0 Å². The number of hydrogen-bond acceptors (Lipinski definition) is 4. The van der Waals surface area contributed by atoms with Crippen LogP contribution in [0, 0.1) is 0 Å². The molecule has 0 aliphatic heterocycles. The van der Waals surface area contributed by atoms with Crippen LogP contribution in [0.25, 0.3) is 0 Å². The molecule has 0 heterocycles. The van der Waals surface area contributed by atoms with Gasteiger partial charge in [0.2, 0.25) is 0 Å². The highest BCUT2D eigenvalue weighted by Crippen LogP contribution is 2.03. The van der Waals surface area contributed by atoms with Gasteiger partial charge in [-0.3, -0.25) is 0 Å². The van der Waals surface area contributed by atoms with Gasteiger partial charge in [-0.1, -0.05) is 19.3 Å². The van der Waals surface area contributed by atoms with Crippen LogP contribution in [0.15, 0.2) is 0 Å². The van der Waals surface area contributed by atoms with E-state index in [0.29, 0.717) is 13.2 Å². The van der Waals surface area contributed by atoms with Gasteiger partial charge in [-0.2, -0.15) is 0 Å². The van der Waals surface area contributed by atoms with Gasteiger partial charge in [0.1, 0.15) is 13.6 Å². The van der Waals surface area contributed by atoms with Gasteiger partial charge in [0.25, 0.3) is 0 Å². The largest absolute Gasteiger partial charge is 0.371 e. The Kier molecular flexibility index (Phi) is 11.7. The second-order valence-electron chi connectivity index (χ2n) is 2.84. The summed E-state index contributed by atoms with van der Waals surface area (Å²) in [6, 6.07) is 0. The molecule has 0 aliphatic rings. The van der Waals surface area contributed by atoms with E-state index in [2.05, 4.69) is 0 Å². The molecule has 0 unspecified atom stereocenters. The summed E-state index contributed by atoms with van der Waals surface area (Å²) >= 11 is 0. The number of ether oxygens (including phenoxy) is 2. The van der Waals surface area contributed by atoms with Gasteiger partial charge in [-0.05, 0) is 12.8 Å². The lowest BCUT2D eigenvalue weighted by atomic mass is 10.1. The molecule has 0 aromatic carbocycles.